The number of aliphatic imine (C=N–C) groups is 1. The summed E-state index contributed by atoms with van der Waals surface area (Å²) in [5, 5.41) is 8.74. The first-order valence-corrected chi connectivity index (χ1v) is 8.08. The third kappa shape index (κ3) is 5.96. The molecule has 0 aliphatic heterocycles. The Morgan fingerprint density at radius 1 is 1.24 bits per heavy atom. The molecule has 2 aromatic rings. The fraction of sp³-hybridized carbons (Fsp3) is 0.267. The normalized spacial score (nSPS) is 10.9. The van der Waals surface area contributed by atoms with E-state index in [2.05, 4.69) is 74.2 Å². The summed E-state index contributed by atoms with van der Waals surface area (Å²) in [5.74, 6) is 0.817. The van der Waals surface area contributed by atoms with E-state index in [0.29, 0.717) is 0 Å². The van der Waals surface area contributed by atoms with E-state index in [1.807, 2.05) is 0 Å². The van der Waals surface area contributed by atoms with Crippen LogP contribution in [-0.2, 0) is 13.1 Å². The van der Waals surface area contributed by atoms with Crippen molar-refractivity contribution in [2.45, 2.75) is 20.0 Å². The third-order valence-corrected chi connectivity index (χ3v) is 4.68. The SMILES string of the molecule is CN=C(NCc1cc(Br)cs1)NCc1ccccc1C.I. The number of aryl methyl sites for hydroxylation is 1. The standard InChI is InChI=1S/C15H18BrN3S.HI/c1-11-5-3-4-6-12(11)8-18-15(17-2)19-9-14-7-13(16)10-20-14;/h3-7,10H,8-9H2,1-2H3,(H2,17,18,19);1H. The van der Waals surface area contributed by atoms with Crippen molar-refractivity contribution in [1.82, 2.24) is 10.6 Å². The zero-order valence-corrected chi connectivity index (χ0v) is 16.8. The highest BCUT2D eigenvalue weighted by Crippen LogP contribution is 2.19. The minimum Gasteiger partial charge on any atom is -0.352 e. The number of halogens is 2. The Labute approximate surface area is 155 Å². The average molecular weight is 480 g/mol. The van der Waals surface area contributed by atoms with Crippen LogP contribution < -0.4 is 10.6 Å². The van der Waals surface area contributed by atoms with Gasteiger partial charge in [0.25, 0.3) is 0 Å². The third-order valence-electron chi connectivity index (χ3n) is 2.98. The summed E-state index contributed by atoms with van der Waals surface area (Å²) in [6, 6.07) is 10.5. The van der Waals surface area contributed by atoms with E-state index >= 15 is 0 Å². The van der Waals surface area contributed by atoms with Crippen molar-refractivity contribution in [3.63, 3.8) is 0 Å². The molecule has 0 spiro atoms. The first kappa shape index (κ1) is 18.4. The molecule has 0 aliphatic carbocycles. The summed E-state index contributed by atoms with van der Waals surface area (Å²) >= 11 is 5.19. The molecule has 1 heterocycles. The maximum absolute atomic E-state index is 4.24. The molecule has 2 rings (SSSR count). The lowest BCUT2D eigenvalue weighted by molar-refractivity contribution is 0.812. The maximum atomic E-state index is 4.24. The highest BCUT2D eigenvalue weighted by atomic mass is 127. The van der Waals surface area contributed by atoms with Gasteiger partial charge in [-0.3, -0.25) is 4.99 Å². The largest absolute Gasteiger partial charge is 0.352 e. The summed E-state index contributed by atoms with van der Waals surface area (Å²) in [6.45, 7) is 3.68. The van der Waals surface area contributed by atoms with Gasteiger partial charge in [0, 0.05) is 28.3 Å². The zero-order valence-electron chi connectivity index (χ0n) is 12.0. The molecular formula is C15H19BrIN3S. The lowest BCUT2D eigenvalue weighted by atomic mass is 10.1. The Bertz CT molecular complexity index is 598. The molecule has 0 radical (unpaired) electrons. The molecule has 1 aromatic heterocycles. The summed E-state index contributed by atoms with van der Waals surface area (Å²) in [6.07, 6.45) is 0. The summed E-state index contributed by atoms with van der Waals surface area (Å²) in [4.78, 5) is 5.52. The predicted molar refractivity (Wildman–Crippen MR) is 106 cm³/mol. The second-order valence-electron chi connectivity index (χ2n) is 4.44. The van der Waals surface area contributed by atoms with Gasteiger partial charge in [-0.2, -0.15) is 0 Å². The second-order valence-corrected chi connectivity index (χ2v) is 6.35. The average Bonchev–Trinajstić information content (AvgIpc) is 2.86. The Hall–Kier alpha value is -0.600. The Kier molecular flexibility index (Phi) is 8.28. The van der Waals surface area contributed by atoms with Crippen molar-refractivity contribution >= 4 is 57.2 Å². The maximum Gasteiger partial charge on any atom is 0.191 e. The van der Waals surface area contributed by atoms with Crippen molar-refractivity contribution in [1.29, 1.82) is 0 Å². The molecule has 6 heteroatoms. The Balaban J connectivity index is 0.00000220. The molecule has 114 valence electrons. The molecule has 0 amide bonds. The zero-order chi connectivity index (χ0) is 14.4. The Morgan fingerprint density at radius 2 is 1.95 bits per heavy atom. The van der Waals surface area contributed by atoms with Gasteiger partial charge in [-0.05, 0) is 40.0 Å². The van der Waals surface area contributed by atoms with E-state index in [4.69, 9.17) is 0 Å². The minimum atomic E-state index is 0. The van der Waals surface area contributed by atoms with Crippen molar-refractivity contribution in [2.24, 2.45) is 4.99 Å². The van der Waals surface area contributed by atoms with Crippen molar-refractivity contribution < 1.29 is 0 Å². The first-order valence-electron chi connectivity index (χ1n) is 6.41. The molecule has 0 unspecified atom stereocenters. The topological polar surface area (TPSA) is 36.4 Å². The summed E-state index contributed by atoms with van der Waals surface area (Å²) in [5.41, 5.74) is 2.58. The van der Waals surface area contributed by atoms with E-state index in [0.717, 1.165) is 23.5 Å². The van der Waals surface area contributed by atoms with E-state index in [1.54, 1.807) is 18.4 Å². The molecular weight excluding hydrogens is 461 g/mol. The van der Waals surface area contributed by atoms with E-state index in [1.165, 1.54) is 16.0 Å². The monoisotopic (exact) mass is 479 g/mol. The number of thiophene rings is 1. The number of nitrogens with zero attached hydrogens (tertiary/aromatic N) is 1. The number of hydrogen-bond donors (Lipinski definition) is 2. The summed E-state index contributed by atoms with van der Waals surface area (Å²) < 4.78 is 1.13. The van der Waals surface area contributed by atoms with Crippen LogP contribution >= 0.6 is 51.2 Å². The van der Waals surface area contributed by atoms with Gasteiger partial charge < -0.3 is 10.6 Å². The predicted octanol–water partition coefficient (Wildman–Crippen LogP) is 4.30. The highest BCUT2D eigenvalue weighted by Gasteiger charge is 2.02. The van der Waals surface area contributed by atoms with Crippen LogP contribution in [0.15, 0.2) is 45.2 Å². The molecule has 2 N–H and O–H groups in total. The van der Waals surface area contributed by atoms with Gasteiger partial charge in [0.05, 0.1) is 6.54 Å². The van der Waals surface area contributed by atoms with Crippen molar-refractivity contribution in [3.8, 4) is 0 Å². The molecule has 0 bridgehead atoms. The molecule has 1 aromatic carbocycles. The van der Waals surface area contributed by atoms with Crippen molar-refractivity contribution in [2.75, 3.05) is 7.05 Å². The van der Waals surface area contributed by atoms with Crippen LogP contribution in [0, 0.1) is 6.92 Å². The van der Waals surface area contributed by atoms with Gasteiger partial charge in [-0.25, -0.2) is 0 Å². The molecule has 0 fully saturated rings. The van der Waals surface area contributed by atoms with Gasteiger partial charge in [-0.15, -0.1) is 35.3 Å². The van der Waals surface area contributed by atoms with Crippen LogP contribution in [0.25, 0.3) is 0 Å². The summed E-state index contributed by atoms with van der Waals surface area (Å²) in [7, 11) is 1.79. The molecule has 21 heavy (non-hydrogen) atoms. The Morgan fingerprint density at radius 3 is 2.57 bits per heavy atom. The van der Waals surface area contributed by atoms with Crippen LogP contribution in [0.2, 0.25) is 0 Å². The van der Waals surface area contributed by atoms with E-state index in [-0.39, 0.29) is 24.0 Å². The van der Waals surface area contributed by atoms with Crippen LogP contribution in [0.5, 0.6) is 0 Å². The first-order chi connectivity index (χ1) is 9.69. The number of hydrogen-bond acceptors (Lipinski definition) is 2. The van der Waals surface area contributed by atoms with E-state index in [9.17, 15) is 0 Å². The quantitative estimate of drug-likeness (QED) is 0.389. The molecule has 0 aliphatic rings. The van der Waals surface area contributed by atoms with Gasteiger partial charge in [0.1, 0.15) is 0 Å². The lowest BCUT2D eigenvalue weighted by Gasteiger charge is -2.12. The van der Waals surface area contributed by atoms with E-state index < -0.39 is 0 Å². The number of benzene rings is 1. The molecule has 3 nitrogen and oxygen atoms in total. The van der Waals surface area contributed by atoms with Gasteiger partial charge >= 0.3 is 0 Å². The fourth-order valence-corrected chi connectivity index (χ4v) is 3.22. The molecule has 0 saturated heterocycles. The molecule has 0 atom stereocenters. The van der Waals surface area contributed by atoms with Gasteiger partial charge in [-0.1, -0.05) is 24.3 Å². The van der Waals surface area contributed by atoms with Crippen LogP contribution in [0.4, 0.5) is 0 Å². The minimum absolute atomic E-state index is 0. The lowest BCUT2D eigenvalue weighted by Crippen LogP contribution is -2.36. The van der Waals surface area contributed by atoms with Crippen LogP contribution in [0.3, 0.4) is 0 Å². The second kappa shape index (κ2) is 9.42. The van der Waals surface area contributed by atoms with Gasteiger partial charge in [0.2, 0.25) is 0 Å². The van der Waals surface area contributed by atoms with Crippen LogP contribution in [0.1, 0.15) is 16.0 Å². The van der Waals surface area contributed by atoms with Crippen molar-refractivity contribution in [3.05, 3.63) is 56.2 Å². The fourth-order valence-electron chi connectivity index (χ4n) is 1.83. The number of rotatable bonds is 4. The number of nitrogens with one attached hydrogen (secondary N) is 2. The van der Waals surface area contributed by atoms with Crippen LogP contribution in [-0.4, -0.2) is 13.0 Å². The number of guanidine groups is 1. The highest BCUT2D eigenvalue weighted by molar-refractivity contribution is 14.0. The van der Waals surface area contributed by atoms with Gasteiger partial charge in [0.15, 0.2) is 5.96 Å². The smallest absolute Gasteiger partial charge is 0.191 e. The molecule has 0 saturated carbocycles.